The fourth-order valence-corrected chi connectivity index (χ4v) is 2.81. The van der Waals surface area contributed by atoms with Crippen LogP contribution >= 0.6 is 0 Å². The van der Waals surface area contributed by atoms with E-state index in [4.69, 9.17) is 10.5 Å². The van der Waals surface area contributed by atoms with Crippen molar-refractivity contribution in [2.75, 3.05) is 13.2 Å². The zero-order chi connectivity index (χ0) is 11.0. The third kappa shape index (κ3) is 1.51. The van der Waals surface area contributed by atoms with Gasteiger partial charge in [0.25, 0.3) is 0 Å². The molecule has 2 unspecified atom stereocenters. The highest BCUT2D eigenvalue weighted by Gasteiger charge is 2.41. The van der Waals surface area contributed by atoms with E-state index in [0.29, 0.717) is 6.61 Å². The maximum absolute atomic E-state index is 6.49. The summed E-state index contributed by atoms with van der Waals surface area (Å²) in [6, 6.07) is 8.47. The molecule has 0 aliphatic carbocycles. The van der Waals surface area contributed by atoms with Gasteiger partial charge in [0, 0.05) is 5.56 Å². The van der Waals surface area contributed by atoms with E-state index in [1.165, 1.54) is 18.4 Å². The van der Waals surface area contributed by atoms with E-state index in [0.717, 1.165) is 18.7 Å². The largest absolute Gasteiger partial charge is 0.491 e. The van der Waals surface area contributed by atoms with Crippen molar-refractivity contribution in [3.8, 4) is 5.75 Å². The van der Waals surface area contributed by atoms with Gasteiger partial charge in [-0.15, -0.1) is 0 Å². The number of fused-ring (bicyclic) bond motifs is 3. The van der Waals surface area contributed by atoms with Crippen LogP contribution < -0.4 is 15.8 Å². The van der Waals surface area contributed by atoms with Gasteiger partial charge in [-0.1, -0.05) is 24.6 Å². The Labute approximate surface area is 96.0 Å². The summed E-state index contributed by atoms with van der Waals surface area (Å²) in [5, 5.41) is 3.58. The summed E-state index contributed by atoms with van der Waals surface area (Å²) in [6.07, 6.45) is 3.43. The summed E-state index contributed by atoms with van der Waals surface area (Å²) in [7, 11) is 0. The highest BCUT2D eigenvalue weighted by molar-refractivity contribution is 5.40. The normalized spacial score (nSPS) is 33.2. The summed E-state index contributed by atoms with van der Waals surface area (Å²) in [5.41, 5.74) is 7.48. The molecule has 16 heavy (non-hydrogen) atoms. The van der Waals surface area contributed by atoms with Gasteiger partial charge in [-0.3, -0.25) is 0 Å². The predicted octanol–water partition coefficient (Wildman–Crippen LogP) is 1.59. The van der Waals surface area contributed by atoms with Gasteiger partial charge in [-0.25, -0.2) is 0 Å². The van der Waals surface area contributed by atoms with Gasteiger partial charge in [0.15, 0.2) is 0 Å². The maximum atomic E-state index is 6.49. The van der Waals surface area contributed by atoms with Crippen molar-refractivity contribution in [2.45, 2.75) is 30.8 Å². The quantitative estimate of drug-likeness (QED) is 0.695. The first kappa shape index (κ1) is 10.1. The Morgan fingerprint density at radius 1 is 1.31 bits per heavy atom. The number of ether oxygens (including phenoxy) is 1. The number of hydrogen-bond donors (Lipinski definition) is 2. The molecule has 3 N–H and O–H groups in total. The molecule has 0 bridgehead atoms. The molecule has 0 aromatic heterocycles. The Morgan fingerprint density at radius 2 is 2.19 bits per heavy atom. The van der Waals surface area contributed by atoms with Crippen LogP contribution in [-0.4, -0.2) is 18.7 Å². The predicted molar refractivity (Wildman–Crippen MR) is 63.5 cm³/mol. The molecule has 2 heterocycles. The molecule has 1 aromatic carbocycles. The Bertz CT molecular complexity index is 393. The molecule has 0 radical (unpaired) electrons. The van der Waals surface area contributed by atoms with Crippen molar-refractivity contribution >= 4 is 0 Å². The van der Waals surface area contributed by atoms with E-state index in [9.17, 15) is 0 Å². The van der Waals surface area contributed by atoms with Crippen LogP contribution in [0.4, 0.5) is 0 Å². The minimum Gasteiger partial charge on any atom is -0.491 e. The van der Waals surface area contributed by atoms with Crippen LogP contribution in [0.5, 0.6) is 5.75 Å². The monoisotopic (exact) mass is 218 g/mol. The van der Waals surface area contributed by atoms with Gasteiger partial charge >= 0.3 is 0 Å². The average molecular weight is 218 g/mol. The van der Waals surface area contributed by atoms with Gasteiger partial charge in [0.1, 0.15) is 12.4 Å². The summed E-state index contributed by atoms with van der Waals surface area (Å²) < 4.78 is 5.79. The molecule has 0 spiro atoms. The van der Waals surface area contributed by atoms with Crippen molar-refractivity contribution in [3.05, 3.63) is 29.8 Å². The topological polar surface area (TPSA) is 47.3 Å². The SMILES string of the molecule is NC12CCCCNC1c1ccccc1OC2. The zero-order valence-electron chi connectivity index (χ0n) is 9.41. The Hall–Kier alpha value is -1.06. The number of benzene rings is 1. The molecule has 0 saturated carbocycles. The Kier molecular flexibility index (Phi) is 2.37. The van der Waals surface area contributed by atoms with Crippen LogP contribution in [0, 0.1) is 0 Å². The van der Waals surface area contributed by atoms with Crippen LogP contribution in [0.25, 0.3) is 0 Å². The van der Waals surface area contributed by atoms with Gasteiger partial charge < -0.3 is 15.8 Å². The van der Waals surface area contributed by atoms with Crippen LogP contribution in [0.1, 0.15) is 30.9 Å². The maximum Gasteiger partial charge on any atom is 0.124 e. The number of hydrogen-bond acceptors (Lipinski definition) is 3. The molecule has 2 atom stereocenters. The van der Waals surface area contributed by atoms with Crippen LogP contribution in [-0.2, 0) is 0 Å². The standard InChI is InChI=1S/C13H18N2O/c14-13-7-3-4-8-15-12(13)10-5-1-2-6-11(10)16-9-13/h1-2,5-6,12,15H,3-4,7-9,14H2. The molecule has 1 fully saturated rings. The molecule has 0 amide bonds. The Morgan fingerprint density at radius 3 is 3.12 bits per heavy atom. The van der Waals surface area contributed by atoms with E-state index in [2.05, 4.69) is 17.4 Å². The average Bonchev–Trinajstić information content (AvgIpc) is 2.51. The summed E-state index contributed by atoms with van der Waals surface area (Å²) in [5.74, 6) is 0.989. The number of nitrogens with two attached hydrogens (primary N) is 1. The summed E-state index contributed by atoms with van der Waals surface area (Å²) in [4.78, 5) is 0. The van der Waals surface area contributed by atoms with Crippen molar-refractivity contribution in [1.29, 1.82) is 0 Å². The summed E-state index contributed by atoms with van der Waals surface area (Å²) >= 11 is 0. The lowest BCUT2D eigenvalue weighted by Crippen LogP contribution is -2.56. The molecule has 3 heteroatoms. The van der Waals surface area contributed by atoms with Crippen LogP contribution in [0.2, 0.25) is 0 Å². The molecule has 3 nitrogen and oxygen atoms in total. The molecular weight excluding hydrogens is 200 g/mol. The molecule has 1 aromatic rings. The van der Waals surface area contributed by atoms with E-state index in [-0.39, 0.29) is 11.6 Å². The zero-order valence-corrected chi connectivity index (χ0v) is 9.41. The molecule has 3 rings (SSSR count). The lowest BCUT2D eigenvalue weighted by molar-refractivity contribution is 0.143. The smallest absolute Gasteiger partial charge is 0.124 e. The Balaban J connectivity index is 2.03. The first-order valence-electron chi connectivity index (χ1n) is 6.04. The molecule has 1 saturated heterocycles. The number of rotatable bonds is 0. The second-order valence-electron chi connectivity index (χ2n) is 4.90. The van der Waals surface area contributed by atoms with Gasteiger partial charge in [-0.2, -0.15) is 0 Å². The minimum atomic E-state index is -0.231. The van der Waals surface area contributed by atoms with Crippen molar-refractivity contribution in [2.24, 2.45) is 5.73 Å². The van der Waals surface area contributed by atoms with Crippen molar-refractivity contribution < 1.29 is 4.74 Å². The third-order valence-corrected chi connectivity index (χ3v) is 3.72. The summed E-state index contributed by atoms with van der Waals surface area (Å²) in [6.45, 7) is 1.68. The fraction of sp³-hybridized carbons (Fsp3) is 0.538. The van der Waals surface area contributed by atoms with E-state index in [1.54, 1.807) is 0 Å². The van der Waals surface area contributed by atoms with E-state index < -0.39 is 0 Å². The van der Waals surface area contributed by atoms with Crippen LogP contribution in [0.3, 0.4) is 0 Å². The molecule has 2 aliphatic rings. The van der Waals surface area contributed by atoms with Gasteiger partial charge in [-0.05, 0) is 25.5 Å². The highest BCUT2D eigenvalue weighted by atomic mass is 16.5. The second kappa shape index (κ2) is 3.75. The molecular formula is C13H18N2O. The lowest BCUT2D eigenvalue weighted by Gasteiger charge is -2.41. The van der Waals surface area contributed by atoms with Crippen LogP contribution in [0.15, 0.2) is 24.3 Å². The minimum absolute atomic E-state index is 0.231. The second-order valence-corrected chi connectivity index (χ2v) is 4.90. The fourth-order valence-electron chi connectivity index (χ4n) is 2.81. The number of nitrogens with one attached hydrogen (secondary N) is 1. The van der Waals surface area contributed by atoms with E-state index in [1.807, 2.05) is 12.1 Å². The molecule has 86 valence electrons. The van der Waals surface area contributed by atoms with Gasteiger partial charge in [0.05, 0.1) is 11.6 Å². The van der Waals surface area contributed by atoms with E-state index >= 15 is 0 Å². The van der Waals surface area contributed by atoms with Gasteiger partial charge in [0.2, 0.25) is 0 Å². The first-order valence-corrected chi connectivity index (χ1v) is 6.04. The first-order chi connectivity index (χ1) is 7.80. The number of para-hydroxylation sites is 1. The highest BCUT2D eigenvalue weighted by Crippen LogP contribution is 2.39. The van der Waals surface area contributed by atoms with Crippen molar-refractivity contribution in [3.63, 3.8) is 0 Å². The lowest BCUT2D eigenvalue weighted by atomic mass is 9.81. The van der Waals surface area contributed by atoms with Crippen molar-refractivity contribution in [1.82, 2.24) is 5.32 Å². The molecule has 2 aliphatic heterocycles. The third-order valence-electron chi connectivity index (χ3n) is 3.72.